The Kier molecular flexibility index (Phi) is 8.95. The lowest BCUT2D eigenvalue weighted by molar-refractivity contribution is -0.131. The number of hydrogen-bond donors (Lipinski definition) is 1. The molecule has 0 bridgehead atoms. The fourth-order valence-electron chi connectivity index (χ4n) is 1.08. The highest BCUT2D eigenvalue weighted by molar-refractivity contribution is 5.80. The molecule has 1 N–H and O–H groups in total. The Bertz CT molecular complexity index is 283. The normalized spacial score (nSPS) is 15.2. The van der Waals surface area contributed by atoms with Crippen LogP contribution in [0.2, 0.25) is 0 Å². The molecule has 5 nitrogen and oxygen atoms in total. The van der Waals surface area contributed by atoms with Crippen molar-refractivity contribution < 1.29 is 24.1 Å². The zero-order valence-corrected chi connectivity index (χ0v) is 10.0. The summed E-state index contributed by atoms with van der Waals surface area (Å²) in [6.45, 7) is 3.77. The van der Waals surface area contributed by atoms with Crippen LogP contribution in [-0.4, -0.2) is 44.3 Å². The number of carboxylic acids is 1. The Morgan fingerprint density at radius 3 is 2.53 bits per heavy atom. The maximum atomic E-state index is 10.2. The molecule has 0 saturated heterocycles. The molecule has 0 heterocycles. The van der Waals surface area contributed by atoms with Crippen LogP contribution in [0.15, 0.2) is 37.0 Å². The highest BCUT2D eigenvalue weighted by Gasteiger charge is 2.15. The van der Waals surface area contributed by atoms with Crippen molar-refractivity contribution in [1.29, 1.82) is 0 Å². The third-order valence-corrected chi connectivity index (χ3v) is 1.86. The Morgan fingerprint density at radius 1 is 1.35 bits per heavy atom. The summed E-state index contributed by atoms with van der Waals surface area (Å²) >= 11 is 0. The smallest absolute Gasteiger partial charge is 0.328 e. The van der Waals surface area contributed by atoms with Crippen LogP contribution in [0.25, 0.3) is 0 Å². The fourth-order valence-corrected chi connectivity index (χ4v) is 1.08. The molecule has 0 rings (SSSR count). The maximum Gasteiger partial charge on any atom is 0.328 e. The first-order valence-corrected chi connectivity index (χ1v) is 4.99. The quantitative estimate of drug-likeness (QED) is 0.286. The monoisotopic (exact) mass is 242 g/mol. The number of rotatable bonds is 9. The zero-order valence-electron chi connectivity index (χ0n) is 10.0. The van der Waals surface area contributed by atoms with Crippen molar-refractivity contribution in [2.45, 2.75) is 12.2 Å². The first-order chi connectivity index (χ1) is 8.15. The van der Waals surface area contributed by atoms with Gasteiger partial charge in [0.2, 0.25) is 0 Å². The minimum absolute atomic E-state index is 0.134. The SMILES string of the molecule is C=C[C@H](OCOC)[C@@H](/C=C/C=C/C(=O)O)OC. The summed E-state index contributed by atoms with van der Waals surface area (Å²) in [6, 6.07) is 0. The zero-order chi connectivity index (χ0) is 13.1. The van der Waals surface area contributed by atoms with Crippen LogP contribution in [0.1, 0.15) is 0 Å². The van der Waals surface area contributed by atoms with Crippen molar-refractivity contribution in [1.82, 2.24) is 0 Å². The van der Waals surface area contributed by atoms with Crippen LogP contribution in [0.3, 0.4) is 0 Å². The highest BCUT2D eigenvalue weighted by atomic mass is 16.7. The number of carbonyl (C=O) groups is 1. The van der Waals surface area contributed by atoms with E-state index < -0.39 is 5.97 Å². The van der Waals surface area contributed by atoms with Gasteiger partial charge in [0.1, 0.15) is 19.0 Å². The molecule has 0 spiro atoms. The molecule has 0 radical (unpaired) electrons. The lowest BCUT2D eigenvalue weighted by Gasteiger charge is -2.20. The Labute approximate surface area is 101 Å². The average molecular weight is 242 g/mol. The van der Waals surface area contributed by atoms with Gasteiger partial charge in [-0.15, -0.1) is 6.58 Å². The lowest BCUT2D eigenvalue weighted by Crippen LogP contribution is -2.27. The fraction of sp³-hybridized carbons (Fsp3) is 0.417. The first-order valence-electron chi connectivity index (χ1n) is 4.99. The molecule has 0 amide bonds. The predicted octanol–water partition coefficient (Wildman–Crippen LogP) is 1.37. The third-order valence-electron chi connectivity index (χ3n) is 1.86. The van der Waals surface area contributed by atoms with Gasteiger partial charge in [0.15, 0.2) is 0 Å². The van der Waals surface area contributed by atoms with E-state index >= 15 is 0 Å². The minimum Gasteiger partial charge on any atom is -0.478 e. The van der Waals surface area contributed by atoms with Gasteiger partial charge >= 0.3 is 5.97 Å². The molecule has 17 heavy (non-hydrogen) atoms. The summed E-state index contributed by atoms with van der Waals surface area (Å²) in [5.74, 6) is -1.00. The second-order valence-corrected chi connectivity index (χ2v) is 3.06. The van der Waals surface area contributed by atoms with E-state index in [1.165, 1.54) is 20.3 Å². The van der Waals surface area contributed by atoms with Gasteiger partial charge in [0, 0.05) is 20.3 Å². The molecule has 0 aromatic rings. The topological polar surface area (TPSA) is 65.0 Å². The Hall–Kier alpha value is -1.43. The first kappa shape index (κ1) is 15.6. The van der Waals surface area contributed by atoms with Gasteiger partial charge in [-0.05, 0) is 0 Å². The standard InChI is InChI=1S/C12H18O5/c1-4-10(17-9-15-2)11(16-3)7-5-6-8-12(13)14/h4-8,10-11H,1,9H2,2-3H3,(H,13,14)/b7-5+,8-6+/t10-,11+/m0/s1. The number of carboxylic acid groups (broad SMARTS) is 1. The summed E-state index contributed by atoms with van der Waals surface area (Å²) in [4.78, 5) is 10.2. The molecule has 0 aromatic heterocycles. The van der Waals surface area contributed by atoms with Crippen molar-refractivity contribution in [3.63, 3.8) is 0 Å². The molecule has 0 fully saturated rings. The molecule has 0 aliphatic heterocycles. The summed E-state index contributed by atoms with van der Waals surface area (Å²) < 4.78 is 15.3. The van der Waals surface area contributed by atoms with Gasteiger partial charge < -0.3 is 19.3 Å². The highest BCUT2D eigenvalue weighted by Crippen LogP contribution is 2.07. The molecule has 0 saturated carbocycles. The minimum atomic E-state index is -1.00. The van der Waals surface area contributed by atoms with E-state index in [2.05, 4.69) is 6.58 Å². The number of hydrogen-bond acceptors (Lipinski definition) is 4. The molecule has 0 aliphatic carbocycles. The predicted molar refractivity (Wildman–Crippen MR) is 63.7 cm³/mol. The van der Waals surface area contributed by atoms with Gasteiger partial charge in [0.05, 0.1) is 0 Å². The van der Waals surface area contributed by atoms with Crippen molar-refractivity contribution in [3.8, 4) is 0 Å². The summed E-state index contributed by atoms with van der Waals surface area (Å²) in [7, 11) is 3.05. The van der Waals surface area contributed by atoms with Gasteiger partial charge in [-0.1, -0.05) is 24.3 Å². The second kappa shape index (κ2) is 9.77. The van der Waals surface area contributed by atoms with E-state index in [4.69, 9.17) is 19.3 Å². The molecular weight excluding hydrogens is 224 g/mol. The molecule has 96 valence electrons. The average Bonchev–Trinajstić information content (AvgIpc) is 2.32. The third kappa shape index (κ3) is 7.46. The van der Waals surface area contributed by atoms with Gasteiger partial charge in [0.25, 0.3) is 0 Å². The number of aliphatic carboxylic acids is 1. The van der Waals surface area contributed by atoms with E-state index in [9.17, 15) is 4.79 Å². The van der Waals surface area contributed by atoms with Crippen LogP contribution >= 0.6 is 0 Å². The van der Waals surface area contributed by atoms with Crippen molar-refractivity contribution in [2.75, 3.05) is 21.0 Å². The van der Waals surface area contributed by atoms with Gasteiger partial charge in [-0.2, -0.15) is 0 Å². The Balaban J connectivity index is 4.36. The lowest BCUT2D eigenvalue weighted by atomic mass is 10.2. The number of ether oxygens (including phenoxy) is 3. The maximum absolute atomic E-state index is 10.2. The summed E-state index contributed by atoms with van der Waals surface area (Å²) in [5.41, 5.74) is 0. The molecular formula is C12H18O5. The van der Waals surface area contributed by atoms with Crippen LogP contribution in [0.5, 0.6) is 0 Å². The summed E-state index contributed by atoms with van der Waals surface area (Å²) in [5, 5.41) is 8.40. The van der Waals surface area contributed by atoms with Crippen LogP contribution in [0.4, 0.5) is 0 Å². The summed E-state index contributed by atoms with van der Waals surface area (Å²) in [6.07, 6.45) is 6.59. The molecule has 2 atom stereocenters. The van der Waals surface area contributed by atoms with Crippen LogP contribution < -0.4 is 0 Å². The molecule has 5 heteroatoms. The second-order valence-electron chi connectivity index (χ2n) is 3.06. The van der Waals surface area contributed by atoms with E-state index in [1.54, 1.807) is 18.2 Å². The van der Waals surface area contributed by atoms with Gasteiger partial charge in [-0.25, -0.2) is 4.79 Å². The molecule has 0 unspecified atom stereocenters. The van der Waals surface area contributed by atoms with E-state index in [1.807, 2.05) is 0 Å². The van der Waals surface area contributed by atoms with Crippen molar-refractivity contribution >= 4 is 5.97 Å². The number of methoxy groups -OCH3 is 2. The van der Waals surface area contributed by atoms with E-state index in [-0.39, 0.29) is 19.0 Å². The van der Waals surface area contributed by atoms with Crippen molar-refractivity contribution in [2.24, 2.45) is 0 Å². The van der Waals surface area contributed by atoms with E-state index in [0.717, 1.165) is 6.08 Å². The Morgan fingerprint density at radius 2 is 2.06 bits per heavy atom. The molecule has 0 aliphatic rings. The van der Waals surface area contributed by atoms with Crippen molar-refractivity contribution in [3.05, 3.63) is 37.0 Å². The van der Waals surface area contributed by atoms with E-state index in [0.29, 0.717) is 0 Å². The number of allylic oxidation sites excluding steroid dienone is 2. The molecule has 0 aromatic carbocycles. The van der Waals surface area contributed by atoms with Crippen LogP contribution in [-0.2, 0) is 19.0 Å². The van der Waals surface area contributed by atoms with Gasteiger partial charge in [-0.3, -0.25) is 0 Å². The largest absolute Gasteiger partial charge is 0.478 e. The van der Waals surface area contributed by atoms with Crippen LogP contribution in [0, 0.1) is 0 Å².